The predicted molar refractivity (Wildman–Crippen MR) is 133 cm³/mol. The molecule has 0 unspecified atom stereocenters. The number of hydrogen-bond donors (Lipinski definition) is 4. The molecule has 0 saturated carbocycles. The number of carbonyl (C=O) groups excluding carboxylic acids is 3. The number of amides is 2. The maximum atomic E-state index is 12.2. The minimum absolute atomic E-state index is 0.0945. The summed E-state index contributed by atoms with van der Waals surface area (Å²) in [5, 5.41) is 14.1. The highest BCUT2D eigenvalue weighted by Gasteiger charge is 2.27. The number of benzene rings is 2. The van der Waals surface area contributed by atoms with E-state index in [0.29, 0.717) is 23.2 Å². The molecule has 0 radical (unpaired) electrons. The van der Waals surface area contributed by atoms with Crippen LogP contribution in [0.1, 0.15) is 50.3 Å². The zero-order valence-corrected chi connectivity index (χ0v) is 19.6. The fourth-order valence-electron chi connectivity index (χ4n) is 4.05. The maximum Gasteiger partial charge on any atom is 0.303 e. The Balaban J connectivity index is 0.000000201. The van der Waals surface area contributed by atoms with Gasteiger partial charge in [0.25, 0.3) is 17.6 Å². The molecule has 0 bridgehead atoms. The van der Waals surface area contributed by atoms with Crippen LogP contribution in [0.15, 0.2) is 42.6 Å². The highest BCUT2D eigenvalue weighted by molar-refractivity contribution is 6.51. The van der Waals surface area contributed by atoms with Crippen molar-refractivity contribution in [1.29, 1.82) is 0 Å². The fraction of sp³-hybridized carbons (Fsp3) is 0.185. The molecular weight excluding hydrogens is 446 g/mol. The first kappa shape index (κ1) is 23.7. The average Bonchev–Trinajstić information content (AvgIpc) is 3.41. The molecule has 0 saturated heterocycles. The summed E-state index contributed by atoms with van der Waals surface area (Å²) in [7, 11) is 0. The number of fused-ring (bicyclic) bond motifs is 2. The molecule has 2 aromatic carbocycles. The van der Waals surface area contributed by atoms with E-state index in [4.69, 9.17) is 5.11 Å². The monoisotopic (exact) mass is 471 g/mol. The SMILES string of the molecule is Cc1ccc2c(c1)C(=Cc1[nH]cc(CCC(=O)O)c1C)C(=O)N2.Cc1ccc2c(c1)C(=O)C(=O)N2. The van der Waals surface area contributed by atoms with Crippen LogP contribution < -0.4 is 10.6 Å². The Kier molecular flexibility index (Phi) is 6.38. The summed E-state index contributed by atoms with van der Waals surface area (Å²) < 4.78 is 0. The Bertz CT molecular complexity index is 1410. The average molecular weight is 472 g/mol. The van der Waals surface area contributed by atoms with Crippen LogP contribution in [0.25, 0.3) is 11.6 Å². The quantitative estimate of drug-likeness (QED) is 0.334. The molecule has 5 rings (SSSR count). The van der Waals surface area contributed by atoms with Crippen molar-refractivity contribution in [3.8, 4) is 0 Å². The molecule has 2 aliphatic heterocycles. The molecule has 35 heavy (non-hydrogen) atoms. The minimum atomic E-state index is -0.815. The van der Waals surface area contributed by atoms with E-state index >= 15 is 0 Å². The van der Waals surface area contributed by atoms with E-state index < -0.39 is 17.7 Å². The van der Waals surface area contributed by atoms with Crippen molar-refractivity contribution in [1.82, 2.24) is 4.98 Å². The number of anilines is 2. The summed E-state index contributed by atoms with van der Waals surface area (Å²) in [6.45, 7) is 5.81. The molecular formula is C27H25N3O5. The summed E-state index contributed by atoms with van der Waals surface area (Å²) in [6.07, 6.45) is 4.22. The van der Waals surface area contributed by atoms with Gasteiger partial charge in [-0.05, 0) is 68.7 Å². The number of carbonyl (C=O) groups is 4. The van der Waals surface area contributed by atoms with Crippen LogP contribution in [0.3, 0.4) is 0 Å². The zero-order valence-electron chi connectivity index (χ0n) is 19.6. The van der Waals surface area contributed by atoms with Gasteiger partial charge in [0.2, 0.25) is 0 Å². The second kappa shape index (κ2) is 9.42. The van der Waals surface area contributed by atoms with Gasteiger partial charge in [0.15, 0.2) is 0 Å². The number of carboxylic acid groups (broad SMARTS) is 1. The number of nitrogens with one attached hydrogen (secondary N) is 3. The van der Waals surface area contributed by atoms with Crippen LogP contribution in [0.4, 0.5) is 11.4 Å². The Morgan fingerprint density at radius 3 is 2.14 bits per heavy atom. The van der Waals surface area contributed by atoms with Crippen molar-refractivity contribution in [2.75, 3.05) is 10.6 Å². The summed E-state index contributed by atoms with van der Waals surface area (Å²) in [5.74, 6) is -1.90. The molecule has 2 amide bonds. The number of hydrogen-bond acceptors (Lipinski definition) is 4. The lowest BCUT2D eigenvalue weighted by molar-refractivity contribution is -0.137. The largest absolute Gasteiger partial charge is 0.481 e. The number of H-pyrrole nitrogens is 1. The van der Waals surface area contributed by atoms with Crippen molar-refractivity contribution >= 4 is 46.6 Å². The van der Waals surface area contributed by atoms with E-state index in [1.165, 1.54) is 0 Å². The normalized spacial score (nSPS) is 14.7. The molecule has 178 valence electrons. The summed E-state index contributed by atoms with van der Waals surface area (Å²) in [6, 6.07) is 11.2. The van der Waals surface area contributed by atoms with Crippen LogP contribution in [0, 0.1) is 20.8 Å². The molecule has 3 heterocycles. The fourth-order valence-corrected chi connectivity index (χ4v) is 4.05. The smallest absolute Gasteiger partial charge is 0.303 e. The van der Waals surface area contributed by atoms with Gasteiger partial charge < -0.3 is 20.7 Å². The van der Waals surface area contributed by atoms with Gasteiger partial charge in [0.1, 0.15) is 0 Å². The molecule has 0 fully saturated rings. The van der Waals surface area contributed by atoms with Crippen LogP contribution in [-0.2, 0) is 20.8 Å². The first-order valence-corrected chi connectivity index (χ1v) is 11.1. The van der Waals surface area contributed by atoms with Gasteiger partial charge in [-0.25, -0.2) is 0 Å². The first-order chi connectivity index (χ1) is 16.6. The van der Waals surface area contributed by atoms with Crippen molar-refractivity contribution in [3.63, 3.8) is 0 Å². The highest BCUT2D eigenvalue weighted by Crippen LogP contribution is 2.34. The van der Waals surface area contributed by atoms with Crippen molar-refractivity contribution in [2.45, 2.75) is 33.6 Å². The van der Waals surface area contributed by atoms with Gasteiger partial charge >= 0.3 is 5.97 Å². The number of aromatic nitrogens is 1. The lowest BCUT2D eigenvalue weighted by Gasteiger charge is -2.01. The minimum Gasteiger partial charge on any atom is -0.481 e. The second-order valence-electron chi connectivity index (χ2n) is 8.64. The van der Waals surface area contributed by atoms with Gasteiger partial charge in [-0.1, -0.05) is 23.3 Å². The number of rotatable bonds is 4. The third kappa shape index (κ3) is 4.91. The Labute approximate surface area is 202 Å². The van der Waals surface area contributed by atoms with Crippen LogP contribution in [-0.4, -0.2) is 33.7 Å². The van der Waals surface area contributed by atoms with Gasteiger partial charge in [-0.2, -0.15) is 0 Å². The molecule has 3 aromatic rings. The number of Topliss-reactive ketones (excluding diaryl/α,β-unsaturated/α-hetero) is 1. The number of aromatic amines is 1. The van der Waals surface area contributed by atoms with Gasteiger partial charge in [0.05, 0.1) is 16.8 Å². The lowest BCUT2D eigenvalue weighted by Crippen LogP contribution is -2.12. The summed E-state index contributed by atoms with van der Waals surface area (Å²) in [5.41, 5.74) is 8.31. The number of aliphatic carboxylic acids is 1. The molecule has 8 heteroatoms. The van der Waals surface area contributed by atoms with E-state index in [2.05, 4.69) is 15.6 Å². The molecule has 1 aromatic heterocycles. The summed E-state index contributed by atoms with van der Waals surface area (Å²) in [4.78, 5) is 48.1. The first-order valence-electron chi connectivity index (χ1n) is 11.1. The summed E-state index contributed by atoms with van der Waals surface area (Å²) >= 11 is 0. The van der Waals surface area contributed by atoms with Gasteiger partial charge in [-0.15, -0.1) is 0 Å². The molecule has 0 aliphatic carbocycles. The van der Waals surface area contributed by atoms with Gasteiger partial charge in [0, 0.05) is 29.6 Å². The molecule has 8 nitrogen and oxygen atoms in total. The van der Waals surface area contributed by atoms with Crippen LogP contribution in [0.2, 0.25) is 0 Å². The van der Waals surface area contributed by atoms with E-state index in [9.17, 15) is 19.2 Å². The third-order valence-corrected chi connectivity index (χ3v) is 6.02. The zero-order chi connectivity index (χ0) is 25.3. The van der Waals surface area contributed by atoms with Crippen molar-refractivity contribution < 1.29 is 24.3 Å². The standard InChI is InChI=1S/C18H18N2O3.C9H7NO2/c1-10-3-5-15-13(7-10)14(18(23)20-15)8-16-11(2)12(9-19-16)4-6-17(21)22;1-5-2-3-7-6(4-5)8(11)9(12)10-7/h3,5,7-9,19H,4,6H2,1-2H3,(H,20,23)(H,21,22);2-4H,1H3,(H,10,11,12). The topological polar surface area (TPSA) is 128 Å². The highest BCUT2D eigenvalue weighted by atomic mass is 16.4. The van der Waals surface area contributed by atoms with E-state index in [1.807, 2.05) is 57.3 Å². The Morgan fingerprint density at radius 1 is 0.886 bits per heavy atom. The maximum absolute atomic E-state index is 12.2. The molecule has 0 atom stereocenters. The van der Waals surface area contributed by atoms with E-state index in [-0.39, 0.29) is 12.3 Å². The van der Waals surface area contributed by atoms with Crippen molar-refractivity contribution in [3.05, 3.63) is 81.7 Å². The number of carboxylic acids is 1. The molecule has 4 N–H and O–H groups in total. The van der Waals surface area contributed by atoms with Gasteiger partial charge in [-0.3, -0.25) is 19.2 Å². The van der Waals surface area contributed by atoms with Crippen LogP contribution in [0.5, 0.6) is 0 Å². The lowest BCUT2D eigenvalue weighted by atomic mass is 10.0. The number of aryl methyl sites for hydroxylation is 3. The van der Waals surface area contributed by atoms with Crippen molar-refractivity contribution in [2.24, 2.45) is 0 Å². The Hall–Kier alpha value is -4.46. The van der Waals surface area contributed by atoms with Crippen LogP contribution >= 0.6 is 0 Å². The molecule has 2 aliphatic rings. The number of ketones is 1. The van der Waals surface area contributed by atoms with E-state index in [0.717, 1.165) is 39.2 Å². The third-order valence-electron chi connectivity index (χ3n) is 6.02. The molecule has 0 spiro atoms. The van der Waals surface area contributed by atoms with E-state index in [1.54, 1.807) is 12.1 Å². The Morgan fingerprint density at radius 2 is 1.49 bits per heavy atom. The predicted octanol–water partition coefficient (Wildman–Crippen LogP) is 4.27. The second-order valence-corrected chi connectivity index (χ2v) is 8.64.